The third-order valence-electron chi connectivity index (χ3n) is 2.74. The van der Waals surface area contributed by atoms with Crippen molar-refractivity contribution in [3.05, 3.63) is 34.9 Å². The summed E-state index contributed by atoms with van der Waals surface area (Å²) in [7, 11) is -3.45. The van der Waals surface area contributed by atoms with Crippen molar-refractivity contribution < 1.29 is 13.2 Å². The normalized spacial score (nSPS) is 11.3. The molecular formula is C12H18N2O3S. The zero-order valence-electron chi connectivity index (χ0n) is 10.6. The van der Waals surface area contributed by atoms with Gasteiger partial charge in [0.2, 0.25) is 10.0 Å². The number of carbonyl (C=O) groups is 1. The van der Waals surface area contributed by atoms with Gasteiger partial charge in [-0.05, 0) is 37.5 Å². The molecule has 0 unspecified atom stereocenters. The van der Waals surface area contributed by atoms with Crippen LogP contribution < -0.4 is 10.5 Å². The minimum Gasteiger partial charge on any atom is -0.352 e. The van der Waals surface area contributed by atoms with Crippen LogP contribution in [0.15, 0.2) is 18.2 Å². The number of rotatable bonds is 5. The van der Waals surface area contributed by atoms with Crippen molar-refractivity contribution >= 4 is 15.9 Å². The molecule has 0 spiro atoms. The van der Waals surface area contributed by atoms with E-state index < -0.39 is 10.0 Å². The molecule has 0 aliphatic carbocycles. The Morgan fingerprint density at radius 1 is 1.33 bits per heavy atom. The molecule has 0 atom stereocenters. The molecule has 0 bridgehead atoms. The SMILES string of the molecule is Cc1cccc(C(=O)NCCCS(N)(=O)=O)c1C. The quantitative estimate of drug-likeness (QED) is 0.772. The van der Waals surface area contributed by atoms with Gasteiger partial charge in [0.25, 0.3) is 5.91 Å². The van der Waals surface area contributed by atoms with Crippen molar-refractivity contribution in [3.63, 3.8) is 0 Å². The van der Waals surface area contributed by atoms with Crippen molar-refractivity contribution in [2.75, 3.05) is 12.3 Å². The first-order valence-electron chi connectivity index (χ1n) is 5.66. The fourth-order valence-corrected chi connectivity index (χ4v) is 2.11. The lowest BCUT2D eigenvalue weighted by atomic mass is 10.0. The molecule has 1 aromatic carbocycles. The average Bonchev–Trinajstić information content (AvgIpc) is 2.26. The van der Waals surface area contributed by atoms with Gasteiger partial charge in [-0.2, -0.15) is 0 Å². The van der Waals surface area contributed by atoms with Crippen molar-refractivity contribution in [1.82, 2.24) is 5.32 Å². The molecule has 0 saturated carbocycles. The van der Waals surface area contributed by atoms with Crippen LogP contribution >= 0.6 is 0 Å². The molecule has 0 radical (unpaired) electrons. The monoisotopic (exact) mass is 270 g/mol. The highest BCUT2D eigenvalue weighted by molar-refractivity contribution is 7.89. The van der Waals surface area contributed by atoms with E-state index in [0.717, 1.165) is 11.1 Å². The summed E-state index contributed by atoms with van der Waals surface area (Å²) in [5.74, 6) is -0.314. The number of nitrogens with two attached hydrogens (primary N) is 1. The number of carbonyl (C=O) groups excluding carboxylic acids is 1. The number of hydrogen-bond donors (Lipinski definition) is 2. The van der Waals surface area contributed by atoms with Crippen LogP contribution in [0.5, 0.6) is 0 Å². The van der Waals surface area contributed by atoms with Crippen molar-refractivity contribution in [2.24, 2.45) is 5.14 Å². The van der Waals surface area contributed by atoms with Gasteiger partial charge in [-0.15, -0.1) is 0 Å². The van der Waals surface area contributed by atoms with Crippen LogP contribution in [0.25, 0.3) is 0 Å². The fourth-order valence-electron chi connectivity index (χ4n) is 1.57. The van der Waals surface area contributed by atoms with Crippen LogP contribution in [0.4, 0.5) is 0 Å². The van der Waals surface area contributed by atoms with E-state index in [-0.39, 0.29) is 11.7 Å². The topological polar surface area (TPSA) is 89.3 Å². The van der Waals surface area contributed by atoms with E-state index in [1.54, 1.807) is 6.07 Å². The molecule has 100 valence electrons. The maximum atomic E-state index is 11.9. The van der Waals surface area contributed by atoms with Gasteiger partial charge in [0, 0.05) is 12.1 Å². The predicted molar refractivity (Wildman–Crippen MR) is 70.8 cm³/mol. The lowest BCUT2D eigenvalue weighted by molar-refractivity contribution is 0.0953. The second kappa shape index (κ2) is 5.97. The molecular weight excluding hydrogens is 252 g/mol. The summed E-state index contributed by atoms with van der Waals surface area (Å²) >= 11 is 0. The fraction of sp³-hybridized carbons (Fsp3) is 0.417. The van der Waals surface area contributed by atoms with E-state index in [0.29, 0.717) is 18.5 Å². The highest BCUT2D eigenvalue weighted by atomic mass is 32.2. The van der Waals surface area contributed by atoms with Gasteiger partial charge >= 0.3 is 0 Å². The van der Waals surface area contributed by atoms with E-state index >= 15 is 0 Å². The maximum Gasteiger partial charge on any atom is 0.251 e. The second-order valence-electron chi connectivity index (χ2n) is 4.22. The Morgan fingerprint density at radius 2 is 2.00 bits per heavy atom. The van der Waals surface area contributed by atoms with Gasteiger partial charge in [0.15, 0.2) is 0 Å². The third kappa shape index (κ3) is 4.46. The molecule has 0 aromatic heterocycles. The minimum absolute atomic E-state index is 0.125. The number of hydrogen-bond acceptors (Lipinski definition) is 3. The van der Waals surface area contributed by atoms with Gasteiger partial charge < -0.3 is 5.32 Å². The van der Waals surface area contributed by atoms with Crippen LogP contribution in [0.1, 0.15) is 27.9 Å². The van der Waals surface area contributed by atoms with Gasteiger partial charge in [-0.25, -0.2) is 13.6 Å². The Morgan fingerprint density at radius 3 is 2.61 bits per heavy atom. The van der Waals surface area contributed by atoms with Crippen LogP contribution in [0, 0.1) is 13.8 Å². The molecule has 0 heterocycles. The minimum atomic E-state index is -3.45. The standard InChI is InChI=1S/C12H18N2O3S/c1-9-5-3-6-11(10(9)2)12(15)14-7-4-8-18(13,16)17/h3,5-6H,4,7-8H2,1-2H3,(H,14,15)(H2,13,16,17). The first kappa shape index (κ1) is 14.7. The summed E-state index contributed by atoms with van der Waals surface area (Å²) in [4.78, 5) is 11.9. The Kier molecular flexibility index (Phi) is 4.86. The molecule has 1 amide bonds. The number of benzene rings is 1. The van der Waals surface area contributed by atoms with Crippen molar-refractivity contribution in [2.45, 2.75) is 20.3 Å². The summed E-state index contributed by atoms with van der Waals surface area (Å²) in [6.07, 6.45) is 0.315. The van der Waals surface area contributed by atoms with E-state index in [2.05, 4.69) is 5.32 Å². The Bertz CT molecular complexity index is 538. The molecule has 3 N–H and O–H groups in total. The van der Waals surface area contributed by atoms with Gasteiger partial charge in [0.1, 0.15) is 0 Å². The molecule has 0 saturated heterocycles. The van der Waals surface area contributed by atoms with E-state index in [1.165, 1.54) is 0 Å². The van der Waals surface area contributed by atoms with Crippen molar-refractivity contribution in [1.29, 1.82) is 0 Å². The van der Waals surface area contributed by atoms with Gasteiger partial charge in [-0.1, -0.05) is 12.1 Å². The largest absolute Gasteiger partial charge is 0.352 e. The predicted octanol–water partition coefficient (Wildman–Crippen LogP) is 0.712. The van der Waals surface area contributed by atoms with Gasteiger partial charge in [-0.3, -0.25) is 4.79 Å². The zero-order valence-corrected chi connectivity index (χ0v) is 11.4. The van der Waals surface area contributed by atoms with Crippen LogP contribution in [-0.2, 0) is 10.0 Å². The molecule has 0 aliphatic rings. The molecule has 1 rings (SSSR count). The van der Waals surface area contributed by atoms with Crippen molar-refractivity contribution in [3.8, 4) is 0 Å². The number of nitrogens with one attached hydrogen (secondary N) is 1. The number of primary sulfonamides is 1. The first-order valence-corrected chi connectivity index (χ1v) is 7.37. The summed E-state index contributed by atoms with van der Waals surface area (Å²) in [6, 6.07) is 5.51. The number of aryl methyl sites for hydroxylation is 1. The third-order valence-corrected chi connectivity index (χ3v) is 3.60. The molecule has 5 nitrogen and oxygen atoms in total. The summed E-state index contributed by atoms with van der Waals surface area (Å²) in [6.45, 7) is 4.12. The van der Waals surface area contributed by atoms with E-state index in [9.17, 15) is 13.2 Å². The summed E-state index contributed by atoms with van der Waals surface area (Å²) in [5.41, 5.74) is 2.60. The second-order valence-corrected chi connectivity index (χ2v) is 5.96. The highest BCUT2D eigenvalue weighted by Gasteiger charge is 2.09. The number of sulfonamides is 1. The smallest absolute Gasteiger partial charge is 0.251 e. The Labute approximate surface area is 107 Å². The lowest BCUT2D eigenvalue weighted by Crippen LogP contribution is -2.27. The molecule has 6 heteroatoms. The first-order chi connectivity index (χ1) is 8.31. The van der Waals surface area contributed by atoms with Gasteiger partial charge in [0.05, 0.1) is 5.75 Å². The molecule has 0 aliphatic heterocycles. The van der Waals surface area contributed by atoms with Crippen LogP contribution in [0.2, 0.25) is 0 Å². The lowest BCUT2D eigenvalue weighted by Gasteiger charge is -2.09. The van der Waals surface area contributed by atoms with Crippen LogP contribution in [0.3, 0.4) is 0 Å². The number of amides is 1. The highest BCUT2D eigenvalue weighted by Crippen LogP contribution is 2.12. The Balaban J connectivity index is 2.54. The molecule has 18 heavy (non-hydrogen) atoms. The maximum absolute atomic E-state index is 11.9. The average molecular weight is 270 g/mol. The zero-order chi connectivity index (χ0) is 13.8. The van der Waals surface area contributed by atoms with Crippen LogP contribution in [-0.4, -0.2) is 26.6 Å². The summed E-state index contributed by atoms with van der Waals surface area (Å²) in [5, 5.41) is 7.55. The van der Waals surface area contributed by atoms with E-state index in [4.69, 9.17) is 5.14 Å². The molecule has 0 fully saturated rings. The molecule has 1 aromatic rings. The summed E-state index contributed by atoms with van der Waals surface area (Å²) < 4.78 is 21.4. The Hall–Kier alpha value is -1.40. The van der Waals surface area contributed by atoms with E-state index in [1.807, 2.05) is 26.0 Å².